The van der Waals surface area contributed by atoms with Gasteiger partial charge in [-0.25, -0.2) is 4.39 Å². The van der Waals surface area contributed by atoms with Crippen LogP contribution in [0.1, 0.15) is 19.8 Å². The predicted molar refractivity (Wildman–Crippen MR) is 117 cm³/mol. The van der Waals surface area contributed by atoms with E-state index in [1.165, 1.54) is 6.07 Å². The second-order valence-corrected chi connectivity index (χ2v) is 6.55. The summed E-state index contributed by atoms with van der Waals surface area (Å²) in [7, 11) is 3.75. The van der Waals surface area contributed by atoms with Gasteiger partial charge in [-0.15, -0.1) is 24.0 Å². The van der Waals surface area contributed by atoms with Crippen LogP contribution < -0.4 is 10.2 Å². The molecule has 0 amide bonds. The summed E-state index contributed by atoms with van der Waals surface area (Å²) in [6, 6.07) is 6.70. The molecule has 0 saturated carbocycles. The molecular formula is C19H32FIN4O. The van der Waals surface area contributed by atoms with E-state index in [0.29, 0.717) is 5.92 Å². The van der Waals surface area contributed by atoms with Gasteiger partial charge in [0.1, 0.15) is 5.82 Å². The van der Waals surface area contributed by atoms with Crippen molar-refractivity contribution < 1.29 is 9.13 Å². The van der Waals surface area contributed by atoms with E-state index in [2.05, 4.69) is 22.0 Å². The van der Waals surface area contributed by atoms with Gasteiger partial charge >= 0.3 is 0 Å². The first-order chi connectivity index (χ1) is 12.1. The normalized spacial score (nSPS) is 17.2. The quantitative estimate of drug-likeness (QED) is 0.270. The molecule has 1 atom stereocenters. The summed E-state index contributed by atoms with van der Waals surface area (Å²) in [5.41, 5.74) is 0.901. The zero-order valence-electron chi connectivity index (χ0n) is 16.1. The van der Waals surface area contributed by atoms with Gasteiger partial charge in [-0.05, 0) is 38.0 Å². The number of hydrogen-bond acceptors (Lipinski definition) is 3. The van der Waals surface area contributed by atoms with Crippen molar-refractivity contribution in [3.8, 4) is 0 Å². The van der Waals surface area contributed by atoms with E-state index in [-0.39, 0.29) is 29.8 Å². The molecule has 1 fully saturated rings. The van der Waals surface area contributed by atoms with Crippen LogP contribution in [-0.4, -0.2) is 64.3 Å². The smallest absolute Gasteiger partial charge is 0.193 e. The lowest BCUT2D eigenvalue weighted by molar-refractivity contribution is 0.157. The van der Waals surface area contributed by atoms with E-state index in [0.717, 1.165) is 63.8 Å². The van der Waals surface area contributed by atoms with E-state index in [9.17, 15) is 4.39 Å². The Morgan fingerprint density at radius 3 is 2.96 bits per heavy atom. The fourth-order valence-corrected chi connectivity index (χ4v) is 3.16. The fraction of sp³-hybridized carbons (Fsp3) is 0.632. The number of benzene rings is 1. The van der Waals surface area contributed by atoms with Crippen molar-refractivity contribution >= 4 is 35.6 Å². The third kappa shape index (κ3) is 7.26. The Morgan fingerprint density at radius 1 is 1.46 bits per heavy atom. The molecule has 0 aromatic heterocycles. The second-order valence-electron chi connectivity index (χ2n) is 6.55. The molecule has 1 aliphatic rings. The average Bonchev–Trinajstić information content (AvgIpc) is 3.06. The number of guanidine groups is 1. The van der Waals surface area contributed by atoms with Gasteiger partial charge in [0.05, 0.1) is 6.61 Å². The third-order valence-corrected chi connectivity index (χ3v) is 4.48. The Balaban J connectivity index is 0.00000338. The van der Waals surface area contributed by atoms with E-state index >= 15 is 0 Å². The number of likely N-dealkylation sites (tertiary alicyclic amines) is 1. The van der Waals surface area contributed by atoms with Crippen molar-refractivity contribution in [2.45, 2.75) is 19.8 Å². The van der Waals surface area contributed by atoms with Gasteiger partial charge in [0.2, 0.25) is 0 Å². The van der Waals surface area contributed by atoms with Crippen LogP contribution >= 0.6 is 24.0 Å². The molecule has 2 rings (SSSR count). The Morgan fingerprint density at radius 2 is 2.27 bits per heavy atom. The average molecular weight is 478 g/mol. The van der Waals surface area contributed by atoms with Crippen LogP contribution in [0.5, 0.6) is 0 Å². The minimum atomic E-state index is -0.198. The van der Waals surface area contributed by atoms with Crippen molar-refractivity contribution in [2.75, 3.05) is 58.4 Å². The number of rotatable bonds is 8. The van der Waals surface area contributed by atoms with Crippen molar-refractivity contribution in [3.05, 3.63) is 30.1 Å². The molecule has 7 heteroatoms. The van der Waals surface area contributed by atoms with Crippen LogP contribution in [-0.2, 0) is 4.74 Å². The number of ether oxygens (including phenoxy) is 1. The maximum Gasteiger partial charge on any atom is 0.193 e. The molecule has 1 unspecified atom stereocenters. The highest BCUT2D eigenvalue weighted by atomic mass is 127. The van der Waals surface area contributed by atoms with Crippen molar-refractivity contribution in [3.63, 3.8) is 0 Å². The van der Waals surface area contributed by atoms with Gasteiger partial charge < -0.3 is 19.9 Å². The molecule has 1 heterocycles. The lowest BCUT2D eigenvalue weighted by atomic mass is 10.1. The number of nitrogens with one attached hydrogen (secondary N) is 1. The van der Waals surface area contributed by atoms with Gasteiger partial charge in [0, 0.05) is 58.5 Å². The topological polar surface area (TPSA) is 40.1 Å². The summed E-state index contributed by atoms with van der Waals surface area (Å²) in [5.74, 6) is 1.39. The van der Waals surface area contributed by atoms with Crippen LogP contribution in [0.25, 0.3) is 0 Å². The molecule has 148 valence electrons. The summed E-state index contributed by atoms with van der Waals surface area (Å²) >= 11 is 0. The van der Waals surface area contributed by atoms with Crippen LogP contribution in [0.3, 0.4) is 0 Å². The minimum Gasteiger partial charge on any atom is -0.384 e. The number of hydrogen-bond donors (Lipinski definition) is 1. The third-order valence-electron chi connectivity index (χ3n) is 4.48. The van der Waals surface area contributed by atoms with Gasteiger partial charge in [0.25, 0.3) is 0 Å². The van der Waals surface area contributed by atoms with Gasteiger partial charge in [-0.2, -0.15) is 0 Å². The SMILES string of the molecule is CCNC(=NCCCN(C)c1cccc(F)c1)N1CCC(COC)C1.I. The zero-order valence-corrected chi connectivity index (χ0v) is 18.4. The molecule has 0 spiro atoms. The van der Waals surface area contributed by atoms with E-state index < -0.39 is 0 Å². The predicted octanol–water partition coefficient (Wildman–Crippen LogP) is 3.20. The summed E-state index contributed by atoms with van der Waals surface area (Å²) in [6.07, 6.45) is 2.08. The van der Waals surface area contributed by atoms with Crippen molar-refractivity contribution in [1.29, 1.82) is 0 Å². The van der Waals surface area contributed by atoms with Crippen molar-refractivity contribution in [2.24, 2.45) is 10.9 Å². The molecular weight excluding hydrogens is 446 g/mol. The van der Waals surface area contributed by atoms with E-state index in [1.54, 1.807) is 19.2 Å². The van der Waals surface area contributed by atoms with E-state index in [4.69, 9.17) is 9.73 Å². The standard InChI is InChI=1S/C19H31FN4O.HI/c1-4-21-19(24-12-9-16(14-24)15-25-3)22-10-6-11-23(2)18-8-5-7-17(20)13-18;/h5,7-8,13,16H,4,6,9-12,14-15H2,1-3H3,(H,21,22);1H. The highest BCUT2D eigenvalue weighted by molar-refractivity contribution is 14.0. The fourth-order valence-electron chi connectivity index (χ4n) is 3.16. The lowest BCUT2D eigenvalue weighted by Gasteiger charge is -2.22. The largest absolute Gasteiger partial charge is 0.384 e. The number of aliphatic imine (C=N–C) groups is 1. The maximum absolute atomic E-state index is 13.3. The Kier molecular flexibility index (Phi) is 10.9. The van der Waals surface area contributed by atoms with Gasteiger partial charge in [-0.3, -0.25) is 4.99 Å². The molecule has 5 nitrogen and oxygen atoms in total. The Bertz CT molecular complexity index is 558. The van der Waals surface area contributed by atoms with Gasteiger partial charge in [0.15, 0.2) is 5.96 Å². The summed E-state index contributed by atoms with van der Waals surface area (Å²) in [6.45, 7) is 7.41. The van der Waals surface area contributed by atoms with Crippen LogP contribution in [0.15, 0.2) is 29.3 Å². The number of methoxy groups -OCH3 is 1. The maximum atomic E-state index is 13.3. The molecule has 0 aliphatic carbocycles. The number of halogens is 2. The Hall–Kier alpha value is -1.09. The second kappa shape index (κ2) is 12.3. The molecule has 1 aromatic rings. The number of anilines is 1. The first kappa shape index (κ1) is 23.0. The van der Waals surface area contributed by atoms with Crippen LogP contribution in [0, 0.1) is 11.7 Å². The Labute approximate surface area is 174 Å². The first-order valence-corrected chi connectivity index (χ1v) is 9.13. The molecule has 0 radical (unpaired) electrons. The van der Waals surface area contributed by atoms with E-state index in [1.807, 2.05) is 13.1 Å². The van der Waals surface area contributed by atoms with Gasteiger partial charge in [-0.1, -0.05) is 6.07 Å². The monoisotopic (exact) mass is 478 g/mol. The van der Waals surface area contributed by atoms with Crippen LogP contribution in [0.2, 0.25) is 0 Å². The van der Waals surface area contributed by atoms with Crippen LogP contribution in [0.4, 0.5) is 10.1 Å². The zero-order chi connectivity index (χ0) is 18.1. The molecule has 0 bridgehead atoms. The molecule has 1 aliphatic heterocycles. The molecule has 26 heavy (non-hydrogen) atoms. The molecule has 1 N–H and O–H groups in total. The summed E-state index contributed by atoms with van der Waals surface area (Å²) in [4.78, 5) is 9.15. The summed E-state index contributed by atoms with van der Waals surface area (Å²) < 4.78 is 18.6. The molecule has 1 aromatic carbocycles. The first-order valence-electron chi connectivity index (χ1n) is 9.13. The minimum absolute atomic E-state index is 0. The highest BCUT2D eigenvalue weighted by Crippen LogP contribution is 2.17. The van der Waals surface area contributed by atoms with Crippen molar-refractivity contribution in [1.82, 2.24) is 10.2 Å². The highest BCUT2D eigenvalue weighted by Gasteiger charge is 2.24. The molecule has 1 saturated heterocycles. The lowest BCUT2D eigenvalue weighted by Crippen LogP contribution is -2.40. The summed E-state index contributed by atoms with van der Waals surface area (Å²) in [5, 5.41) is 3.39. The number of nitrogens with zero attached hydrogens (tertiary/aromatic N) is 3.